The summed E-state index contributed by atoms with van der Waals surface area (Å²) in [6.07, 6.45) is 0.763. The maximum atomic E-state index is 13.1. The van der Waals surface area contributed by atoms with Crippen LogP contribution in [-0.4, -0.2) is 41.4 Å². The molecule has 0 spiro atoms. The number of hydrogen-bond acceptors (Lipinski definition) is 4. The molecule has 3 aromatic rings. The van der Waals surface area contributed by atoms with Crippen LogP contribution in [0.25, 0.3) is 10.8 Å². The van der Waals surface area contributed by atoms with Gasteiger partial charge in [0.25, 0.3) is 5.91 Å². The van der Waals surface area contributed by atoms with Gasteiger partial charge in [-0.25, -0.2) is 9.97 Å². The van der Waals surface area contributed by atoms with Crippen molar-refractivity contribution >= 4 is 22.5 Å². The Kier molecular flexibility index (Phi) is 4.07. The molecule has 0 atom stereocenters. The molecular formula is C21H22N4O. The van der Waals surface area contributed by atoms with Crippen molar-refractivity contribution in [1.29, 1.82) is 0 Å². The number of nitrogens with zero attached hydrogens (tertiary/aromatic N) is 4. The van der Waals surface area contributed by atoms with Crippen LogP contribution in [0, 0.1) is 6.92 Å². The van der Waals surface area contributed by atoms with E-state index < -0.39 is 0 Å². The quantitative estimate of drug-likeness (QED) is 0.715. The first-order valence-corrected chi connectivity index (χ1v) is 8.85. The molecule has 1 amide bonds. The van der Waals surface area contributed by atoms with Gasteiger partial charge in [-0.1, -0.05) is 30.3 Å². The van der Waals surface area contributed by atoms with Gasteiger partial charge < -0.3 is 9.80 Å². The summed E-state index contributed by atoms with van der Waals surface area (Å²) in [5.74, 6) is 1.75. The smallest absolute Gasteiger partial charge is 0.254 e. The molecule has 132 valence electrons. The Morgan fingerprint density at radius 2 is 1.85 bits per heavy atom. The van der Waals surface area contributed by atoms with Crippen molar-refractivity contribution in [3.8, 4) is 0 Å². The number of aryl methyl sites for hydroxylation is 1. The van der Waals surface area contributed by atoms with Gasteiger partial charge in [0, 0.05) is 38.2 Å². The van der Waals surface area contributed by atoms with E-state index in [4.69, 9.17) is 0 Å². The second-order valence-corrected chi connectivity index (χ2v) is 6.95. The van der Waals surface area contributed by atoms with Gasteiger partial charge in [0.05, 0.1) is 12.2 Å². The Bertz CT molecular complexity index is 996. The molecule has 0 radical (unpaired) electrons. The fraction of sp³-hybridized carbons (Fsp3) is 0.286. The zero-order valence-electron chi connectivity index (χ0n) is 15.4. The number of fused-ring (bicyclic) bond motifs is 2. The van der Waals surface area contributed by atoms with Crippen molar-refractivity contribution in [1.82, 2.24) is 14.9 Å². The fourth-order valence-corrected chi connectivity index (χ4v) is 3.57. The van der Waals surface area contributed by atoms with Crippen LogP contribution in [0.3, 0.4) is 0 Å². The molecule has 0 saturated heterocycles. The molecule has 26 heavy (non-hydrogen) atoms. The summed E-state index contributed by atoms with van der Waals surface area (Å²) in [6.45, 7) is 3.15. The molecule has 2 aromatic carbocycles. The highest BCUT2D eigenvalue weighted by atomic mass is 16.2. The van der Waals surface area contributed by atoms with Crippen LogP contribution in [-0.2, 0) is 13.0 Å². The number of hydrogen-bond donors (Lipinski definition) is 0. The van der Waals surface area contributed by atoms with E-state index in [0.29, 0.717) is 13.1 Å². The second-order valence-electron chi connectivity index (χ2n) is 6.95. The van der Waals surface area contributed by atoms with E-state index in [0.717, 1.165) is 45.7 Å². The summed E-state index contributed by atoms with van der Waals surface area (Å²) in [5.41, 5.74) is 2.84. The standard InChI is InChI=1S/C21H22N4O/c1-14-22-19-10-11-25(13-18(19)20(23-14)24(2)3)21(26)17-9-8-15-6-4-5-7-16(15)12-17/h4-9,12H,10-11,13H2,1-3H3. The van der Waals surface area contributed by atoms with E-state index in [-0.39, 0.29) is 5.91 Å². The normalized spacial score (nSPS) is 13.6. The first kappa shape index (κ1) is 16.5. The second kappa shape index (κ2) is 6.41. The minimum Gasteiger partial charge on any atom is -0.362 e. The van der Waals surface area contributed by atoms with Crippen LogP contribution in [0.1, 0.15) is 27.4 Å². The number of aromatic nitrogens is 2. The predicted molar refractivity (Wildman–Crippen MR) is 103 cm³/mol. The minimum atomic E-state index is 0.0617. The number of rotatable bonds is 2. The molecule has 0 saturated carbocycles. The van der Waals surface area contributed by atoms with E-state index in [2.05, 4.69) is 16.0 Å². The van der Waals surface area contributed by atoms with Crippen LogP contribution >= 0.6 is 0 Å². The molecule has 1 aliphatic rings. The van der Waals surface area contributed by atoms with Gasteiger partial charge in [0.2, 0.25) is 0 Å². The van der Waals surface area contributed by atoms with Gasteiger partial charge in [0.1, 0.15) is 11.6 Å². The molecule has 4 rings (SSSR count). The van der Waals surface area contributed by atoms with Crippen molar-refractivity contribution in [2.75, 3.05) is 25.5 Å². The predicted octanol–water partition coefficient (Wildman–Crippen LogP) is 3.20. The van der Waals surface area contributed by atoms with E-state index in [1.54, 1.807) is 0 Å². The van der Waals surface area contributed by atoms with Gasteiger partial charge in [-0.3, -0.25) is 4.79 Å². The van der Waals surface area contributed by atoms with Crippen LogP contribution in [0.5, 0.6) is 0 Å². The van der Waals surface area contributed by atoms with E-state index >= 15 is 0 Å². The number of amides is 1. The summed E-state index contributed by atoms with van der Waals surface area (Å²) in [5, 5.41) is 2.23. The highest BCUT2D eigenvalue weighted by molar-refractivity contribution is 5.98. The van der Waals surface area contributed by atoms with Crippen LogP contribution in [0.15, 0.2) is 42.5 Å². The van der Waals surface area contributed by atoms with Gasteiger partial charge in [0.15, 0.2) is 0 Å². The third-order valence-corrected chi connectivity index (χ3v) is 4.86. The Hall–Kier alpha value is -2.95. The van der Waals surface area contributed by atoms with E-state index in [9.17, 15) is 4.79 Å². The molecule has 5 nitrogen and oxygen atoms in total. The van der Waals surface area contributed by atoms with Gasteiger partial charge in [-0.05, 0) is 29.8 Å². The molecular weight excluding hydrogens is 324 g/mol. The monoisotopic (exact) mass is 346 g/mol. The molecule has 2 heterocycles. The zero-order chi connectivity index (χ0) is 18.3. The Labute approximate surface area is 153 Å². The summed E-state index contributed by atoms with van der Waals surface area (Å²) < 4.78 is 0. The first-order chi connectivity index (χ1) is 12.5. The third kappa shape index (κ3) is 2.90. The Balaban J connectivity index is 1.66. The molecule has 0 aliphatic carbocycles. The minimum absolute atomic E-state index is 0.0617. The van der Waals surface area contributed by atoms with Gasteiger partial charge in [-0.15, -0.1) is 0 Å². The number of carbonyl (C=O) groups is 1. The van der Waals surface area contributed by atoms with Crippen LogP contribution in [0.4, 0.5) is 5.82 Å². The largest absolute Gasteiger partial charge is 0.362 e. The summed E-state index contributed by atoms with van der Waals surface area (Å²) >= 11 is 0. The Morgan fingerprint density at radius 1 is 1.08 bits per heavy atom. The van der Waals surface area contributed by atoms with Crippen molar-refractivity contribution in [2.24, 2.45) is 0 Å². The lowest BCUT2D eigenvalue weighted by Gasteiger charge is -2.31. The van der Waals surface area contributed by atoms with E-state index in [1.807, 2.05) is 67.2 Å². The van der Waals surface area contributed by atoms with Crippen molar-refractivity contribution in [3.05, 3.63) is 65.1 Å². The van der Waals surface area contributed by atoms with Crippen molar-refractivity contribution in [3.63, 3.8) is 0 Å². The molecule has 1 aromatic heterocycles. The summed E-state index contributed by atoms with van der Waals surface area (Å²) in [6, 6.07) is 14.0. The van der Waals surface area contributed by atoms with E-state index in [1.165, 1.54) is 0 Å². The van der Waals surface area contributed by atoms with Crippen LogP contribution < -0.4 is 4.90 Å². The Morgan fingerprint density at radius 3 is 2.62 bits per heavy atom. The number of benzene rings is 2. The van der Waals surface area contributed by atoms with Gasteiger partial charge in [-0.2, -0.15) is 0 Å². The lowest BCUT2D eigenvalue weighted by atomic mass is 10.0. The third-order valence-electron chi connectivity index (χ3n) is 4.86. The van der Waals surface area contributed by atoms with Gasteiger partial charge >= 0.3 is 0 Å². The lowest BCUT2D eigenvalue weighted by Crippen LogP contribution is -2.37. The maximum Gasteiger partial charge on any atom is 0.254 e. The molecule has 0 unspecified atom stereocenters. The van der Waals surface area contributed by atoms with Crippen molar-refractivity contribution < 1.29 is 4.79 Å². The molecule has 0 fully saturated rings. The highest BCUT2D eigenvalue weighted by Gasteiger charge is 2.26. The molecule has 5 heteroatoms. The summed E-state index contributed by atoms with van der Waals surface area (Å²) in [7, 11) is 3.96. The van der Waals surface area contributed by atoms with Crippen molar-refractivity contribution in [2.45, 2.75) is 19.9 Å². The maximum absolute atomic E-state index is 13.1. The van der Waals surface area contributed by atoms with Crippen LogP contribution in [0.2, 0.25) is 0 Å². The fourth-order valence-electron chi connectivity index (χ4n) is 3.57. The average molecular weight is 346 g/mol. The summed E-state index contributed by atoms with van der Waals surface area (Å²) in [4.78, 5) is 26.1. The lowest BCUT2D eigenvalue weighted by molar-refractivity contribution is 0.0733. The zero-order valence-corrected chi connectivity index (χ0v) is 15.4. The molecule has 0 N–H and O–H groups in total. The number of carbonyl (C=O) groups excluding carboxylic acids is 1. The number of anilines is 1. The average Bonchev–Trinajstić information content (AvgIpc) is 2.66. The molecule has 1 aliphatic heterocycles. The highest BCUT2D eigenvalue weighted by Crippen LogP contribution is 2.27. The topological polar surface area (TPSA) is 49.3 Å². The first-order valence-electron chi connectivity index (χ1n) is 8.85. The molecule has 0 bridgehead atoms. The SMILES string of the molecule is Cc1nc2c(c(N(C)C)n1)CN(C(=O)c1ccc3ccccc3c1)CC2.